The van der Waals surface area contributed by atoms with Gasteiger partial charge >= 0.3 is 0 Å². The summed E-state index contributed by atoms with van der Waals surface area (Å²) < 4.78 is 18.7. The molecule has 0 aliphatic rings. The van der Waals surface area contributed by atoms with Gasteiger partial charge in [-0.15, -0.1) is 0 Å². The van der Waals surface area contributed by atoms with E-state index < -0.39 is 5.82 Å². The summed E-state index contributed by atoms with van der Waals surface area (Å²) in [5.41, 5.74) is 0.773. The molecule has 0 amide bonds. The van der Waals surface area contributed by atoms with E-state index in [-0.39, 0.29) is 17.9 Å². The quantitative estimate of drug-likeness (QED) is 0.839. The monoisotopic (exact) mass is 261 g/mol. The summed E-state index contributed by atoms with van der Waals surface area (Å²) >= 11 is 5.84. The molecule has 4 heteroatoms. The van der Waals surface area contributed by atoms with Crippen LogP contribution >= 0.6 is 11.6 Å². The van der Waals surface area contributed by atoms with E-state index in [9.17, 15) is 4.39 Å². The first-order valence-corrected chi connectivity index (χ1v) is 5.64. The van der Waals surface area contributed by atoms with E-state index in [4.69, 9.17) is 21.6 Å². The van der Waals surface area contributed by atoms with Crippen LogP contribution in [0.4, 0.5) is 4.39 Å². The van der Waals surface area contributed by atoms with Crippen molar-refractivity contribution in [2.24, 2.45) is 0 Å². The number of hydrogen-bond donors (Lipinski definition) is 0. The molecule has 0 aliphatic carbocycles. The number of benzene rings is 2. The van der Waals surface area contributed by atoms with Gasteiger partial charge < -0.3 is 4.74 Å². The molecule has 0 fully saturated rings. The summed E-state index contributed by atoms with van der Waals surface area (Å²) in [7, 11) is 0. The Hall–Kier alpha value is -2.05. The number of halogens is 2. The van der Waals surface area contributed by atoms with E-state index >= 15 is 0 Å². The molecule has 0 heterocycles. The molecular formula is C14H9ClFNO. The standard InChI is InChI=1S/C14H9ClFNO/c15-11-4-1-3-10(7-11)9-18-14-6-2-5-13(16)12(14)8-17/h1-7H,9H2. The SMILES string of the molecule is N#Cc1c(F)cccc1OCc1cccc(Cl)c1. The maximum absolute atomic E-state index is 13.3. The molecule has 0 N–H and O–H groups in total. The Morgan fingerprint density at radius 1 is 1.22 bits per heavy atom. The fraction of sp³-hybridized carbons (Fsp3) is 0.0714. The van der Waals surface area contributed by atoms with Gasteiger partial charge in [0.15, 0.2) is 0 Å². The van der Waals surface area contributed by atoms with Crippen molar-refractivity contribution in [2.75, 3.05) is 0 Å². The van der Waals surface area contributed by atoms with Crippen molar-refractivity contribution in [1.82, 2.24) is 0 Å². The van der Waals surface area contributed by atoms with Crippen molar-refractivity contribution in [1.29, 1.82) is 5.26 Å². The Labute approximate surface area is 109 Å². The highest BCUT2D eigenvalue weighted by molar-refractivity contribution is 6.30. The zero-order valence-electron chi connectivity index (χ0n) is 9.36. The highest BCUT2D eigenvalue weighted by atomic mass is 35.5. The molecule has 0 radical (unpaired) electrons. The van der Waals surface area contributed by atoms with E-state index in [1.807, 2.05) is 6.07 Å². The van der Waals surface area contributed by atoms with Crippen LogP contribution in [-0.2, 0) is 6.61 Å². The first kappa shape index (κ1) is 12.4. The van der Waals surface area contributed by atoms with Crippen LogP contribution in [0.3, 0.4) is 0 Å². The minimum absolute atomic E-state index is 0.0838. The molecule has 0 aliphatic heterocycles. The van der Waals surface area contributed by atoms with E-state index in [0.29, 0.717) is 5.02 Å². The van der Waals surface area contributed by atoms with Gasteiger partial charge in [0.2, 0.25) is 0 Å². The first-order valence-electron chi connectivity index (χ1n) is 5.26. The summed E-state index contributed by atoms with van der Waals surface area (Å²) in [6, 6.07) is 13.2. The lowest BCUT2D eigenvalue weighted by atomic mass is 10.2. The molecular weight excluding hydrogens is 253 g/mol. The van der Waals surface area contributed by atoms with Gasteiger partial charge in [0.05, 0.1) is 0 Å². The lowest BCUT2D eigenvalue weighted by Gasteiger charge is -2.08. The van der Waals surface area contributed by atoms with Crippen molar-refractivity contribution < 1.29 is 9.13 Å². The molecule has 18 heavy (non-hydrogen) atoms. The van der Waals surface area contributed by atoms with E-state index in [1.54, 1.807) is 30.3 Å². The lowest BCUT2D eigenvalue weighted by Crippen LogP contribution is -1.98. The van der Waals surface area contributed by atoms with Gasteiger partial charge in [-0.05, 0) is 29.8 Å². The largest absolute Gasteiger partial charge is 0.487 e. The molecule has 0 unspecified atom stereocenters. The van der Waals surface area contributed by atoms with Crippen LogP contribution in [0.25, 0.3) is 0 Å². The second kappa shape index (κ2) is 5.52. The Morgan fingerprint density at radius 2 is 2.00 bits per heavy atom. The molecule has 90 valence electrons. The van der Waals surface area contributed by atoms with Crippen molar-refractivity contribution in [3.63, 3.8) is 0 Å². The van der Waals surface area contributed by atoms with Gasteiger partial charge in [-0.3, -0.25) is 0 Å². The van der Waals surface area contributed by atoms with Gasteiger partial charge in [-0.25, -0.2) is 4.39 Å². The normalized spacial score (nSPS) is 9.83. The van der Waals surface area contributed by atoms with Crippen molar-refractivity contribution in [3.8, 4) is 11.8 Å². The van der Waals surface area contributed by atoms with Crippen LogP contribution in [0.5, 0.6) is 5.75 Å². The maximum Gasteiger partial charge on any atom is 0.144 e. The average molecular weight is 262 g/mol. The second-order valence-electron chi connectivity index (χ2n) is 3.64. The molecule has 0 saturated heterocycles. The third-order valence-corrected chi connectivity index (χ3v) is 2.61. The molecule has 0 aromatic heterocycles. The maximum atomic E-state index is 13.3. The van der Waals surface area contributed by atoms with Crippen LogP contribution in [0.1, 0.15) is 11.1 Å². The van der Waals surface area contributed by atoms with Crippen LogP contribution < -0.4 is 4.74 Å². The Kier molecular flexibility index (Phi) is 3.81. The molecule has 2 aromatic rings. The summed E-state index contributed by atoms with van der Waals surface area (Å²) in [6.45, 7) is 0.235. The second-order valence-corrected chi connectivity index (χ2v) is 4.08. The number of ether oxygens (including phenoxy) is 1. The molecule has 2 nitrogen and oxygen atoms in total. The minimum Gasteiger partial charge on any atom is -0.487 e. The summed E-state index contributed by atoms with van der Waals surface area (Å²) in [5, 5.41) is 9.46. The lowest BCUT2D eigenvalue weighted by molar-refractivity contribution is 0.303. The Balaban J connectivity index is 2.16. The Bertz CT molecular complexity index is 607. The number of hydrogen-bond acceptors (Lipinski definition) is 2. The molecule has 0 atom stereocenters. The predicted molar refractivity (Wildman–Crippen MR) is 66.9 cm³/mol. The highest BCUT2D eigenvalue weighted by Crippen LogP contribution is 2.22. The van der Waals surface area contributed by atoms with Crippen LogP contribution in [0.15, 0.2) is 42.5 Å². The Morgan fingerprint density at radius 3 is 2.72 bits per heavy atom. The smallest absolute Gasteiger partial charge is 0.144 e. The fourth-order valence-corrected chi connectivity index (χ4v) is 1.73. The zero-order chi connectivity index (χ0) is 13.0. The summed E-state index contributed by atoms with van der Waals surface area (Å²) in [4.78, 5) is 0. The first-order chi connectivity index (χ1) is 8.70. The third kappa shape index (κ3) is 2.79. The topological polar surface area (TPSA) is 33.0 Å². The van der Waals surface area contributed by atoms with E-state index in [0.717, 1.165) is 5.56 Å². The van der Waals surface area contributed by atoms with E-state index in [2.05, 4.69) is 0 Å². The van der Waals surface area contributed by atoms with Gasteiger partial charge in [-0.2, -0.15) is 5.26 Å². The molecule has 0 spiro atoms. The molecule has 0 bridgehead atoms. The summed E-state index contributed by atoms with van der Waals surface area (Å²) in [5.74, 6) is -0.349. The third-order valence-electron chi connectivity index (χ3n) is 2.37. The van der Waals surface area contributed by atoms with Crippen LogP contribution in [0.2, 0.25) is 5.02 Å². The van der Waals surface area contributed by atoms with Gasteiger partial charge in [0.25, 0.3) is 0 Å². The number of rotatable bonds is 3. The average Bonchev–Trinajstić information content (AvgIpc) is 2.36. The van der Waals surface area contributed by atoms with Crippen molar-refractivity contribution in [2.45, 2.75) is 6.61 Å². The van der Waals surface area contributed by atoms with Crippen molar-refractivity contribution in [3.05, 3.63) is 64.4 Å². The molecule has 0 saturated carbocycles. The highest BCUT2D eigenvalue weighted by Gasteiger charge is 2.08. The zero-order valence-corrected chi connectivity index (χ0v) is 10.1. The minimum atomic E-state index is -0.582. The molecule has 2 aromatic carbocycles. The van der Waals surface area contributed by atoms with Gasteiger partial charge in [0, 0.05) is 5.02 Å². The predicted octanol–water partition coefficient (Wildman–Crippen LogP) is 3.93. The number of nitrogens with zero attached hydrogens (tertiary/aromatic N) is 1. The van der Waals surface area contributed by atoms with E-state index in [1.165, 1.54) is 12.1 Å². The number of nitriles is 1. The van der Waals surface area contributed by atoms with Gasteiger partial charge in [0.1, 0.15) is 29.8 Å². The molecule has 2 rings (SSSR count). The van der Waals surface area contributed by atoms with Gasteiger partial charge in [-0.1, -0.05) is 29.8 Å². The fourth-order valence-electron chi connectivity index (χ4n) is 1.52. The summed E-state index contributed by atoms with van der Waals surface area (Å²) in [6.07, 6.45) is 0. The van der Waals surface area contributed by atoms with Crippen LogP contribution in [0, 0.1) is 17.1 Å². The van der Waals surface area contributed by atoms with Crippen LogP contribution in [-0.4, -0.2) is 0 Å². The van der Waals surface area contributed by atoms with Crippen molar-refractivity contribution >= 4 is 11.6 Å².